The van der Waals surface area contributed by atoms with Gasteiger partial charge in [0, 0.05) is 102 Å². The number of hydrogen-bond donors (Lipinski definition) is 2. The smallest absolute Gasteiger partial charge is 0.328 e. The number of aryl methyl sites for hydroxylation is 4. The largest absolute Gasteiger partial charge is 0.493 e. The number of nitrogens with zero attached hydrogens (tertiary/aromatic N) is 6. The van der Waals surface area contributed by atoms with Crippen molar-refractivity contribution >= 4 is 65.3 Å². The predicted molar refractivity (Wildman–Crippen MR) is 385 cm³/mol. The van der Waals surface area contributed by atoms with Gasteiger partial charge in [0.2, 0.25) is 0 Å². The zero-order chi connectivity index (χ0) is 72.7. The van der Waals surface area contributed by atoms with E-state index in [1.165, 1.54) is 95.1 Å². The number of anilines is 2. The van der Waals surface area contributed by atoms with E-state index in [-0.39, 0.29) is 67.4 Å². The first-order valence-corrected chi connectivity index (χ1v) is 36.1. The third-order valence-corrected chi connectivity index (χ3v) is 20.0. The van der Waals surface area contributed by atoms with E-state index in [2.05, 4.69) is 4.72 Å². The Morgan fingerprint density at radius 1 is 0.436 bits per heavy atom. The lowest BCUT2D eigenvalue weighted by Crippen LogP contribution is -2.30. The van der Waals surface area contributed by atoms with Gasteiger partial charge in [0.1, 0.15) is 34.5 Å². The molecule has 0 saturated heterocycles. The maximum absolute atomic E-state index is 14.0. The SMILES string of the molecule is CCCOc1cc(OCCCCCCN)cc(Oc2cc3c(cc2N(C)S(=O)(=O)c2ccc(OC)c(OC)c2)n(C)c(=O)n3C)c1.CCCOc1cc(OCCCCCCN2C(=O)c3ccccc3C2=O)cc(Oc2cc3c(cc2NS(=O)(=O)c2ccc(OC)c(OC)c2)n(C)c(=O)n3C)c1. The van der Waals surface area contributed by atoms with Crippen molar-refractivity contribution in [3.63, 3.8) is 0 Å². The van der Waals surface area contributed by atoms with Gasteiger partial charge in [0.15, 0.2) is 34.5 Å². The lowest BCUT2D eigenvalue weighted by Gasteiger charge is -2.23. The van der Waals surface area contributed by atoms with Crippen molar-refractivity contribution in [1.29, 1.82) is 0 Å². The minimum absolute atomic E-state index is 0.0160. The second kappa shape index (κ2) is 33.7. The van der Waals surface area contributed by atoms with Crippen molar-refractivity contribution in [2.24, 2.45) is 33.9 Å². The first-order valence-electron chi connectivity index (χ1n) is 33.2. The summed E-state index contributed by atoms with van der Waals surface area (Å²) < 4.78 is 123. The number of methoxy groups -OCH3 is 4. The quantitative estimate of drug-likeness (QED) is 0.0275. The number of carbonyl (C=O) groups is 2. The summed E-state index contributed by atoms with van der Waals surface area (Å²) in [6, 6.07) is 32.3. The molecule has 28 heteroatoms. The number of nitrogens with one attached hydrogen (secondary N) is 1. The number of unbranched alkanes of at least 4 members (excludes halogenated alkanes) is 6. The highest BCUT2D eigenvalue weighted by Crippen LogP contribution is 2.43. The molecule has 9 aromatic rings. The van der Waals surface area contributed by atoms with Crippen molar-refractivity contribution in [2.75, 3.05) is 84.0 Å². The fraction of sp³-hybridized carbons (Fsp3) is 0.370. The highest BCUT2D eigenvalue weighted by atomic mass is 32.2. The van der Waals surface area contributed by atoms with Gasteiger partial charge in [-0.3, -0.25) is 41.8 Å². The van der Waals surface area contributed by atoms with Gasteiger partial charge in [-0.1, -0.05) is 51.7 Å². The van der Waals surface area contributed by atoms with Crippen LogP contribution in [-0.2, 0) is 48.2 Å². The normalized spacial score (nSPS) is 12.1. The molecule has 10 rings (SSSR count). The maximum atomic E-state index is 14.0. The Morgan fingerprint density at radius 2 is 0.842 bits per heavy atom. The van der Waals surface area contributed by atoms with E-state index in [1.54, 1.807) is 113 Å². The van der Waals surface area contributed by atoms with Gasteiger partial charge in [-0.15, -0.1) is 0 Å². The van der Waals surface area contributed by atoms with E-state index in [9.17, 15) is 36.0 Å². The molecule has 2 amide bonds. The number of imidazole rings is 2. The van der Waals surface area contributed by atoms with Gasteiger partial charge in [0.25, 0.3) is 31.9 Å². The summed E-state index contributed by atoms with van der Waals surface area (Å²) in [4.78, 5) is 52.2. The van der Waals surface area contributed by atoms with Crippen molar-refractivity contribution in [1.82, 2.24) is 23.2 Å². The number of amides is 2. The molecule has 2 aromatic heterocycles. The molecule has 1 aliphatic rings. The fourth-order valence-electron chi connectivity index (χ4n) is 11.4. The molecule has 0 radical (unpaired) electrons. The van der Waals surface area contributed by atoms with Gasteiger partial charge < -0.3 is 53.1 Å². The van der Waals surface area contributed by atoms with E-state index >= 15 is 0 Å². The Hall–Kier alpha value is -10.3. The number of fused-ring (bicyclic) bond motifs is 3. The summed E-state index contributed by atoms with van der Waals surface area (Å²) in [5, 5.41) is 0. The molecule has 0 spiro atoms. The van der Waals surface area contributed by atoms with Gasteiger partial charge in [0.05, 0.1) is 109 Å². The lowest BCUT2D eigenvalue weighted by molar-refractivity contribution is 0.0651. The molecule has 26 nitrogen and oxygen atoms in total. The van der Waals surface area contributed by atoms with Crippen LogP contribution in [0.1, 0.15) is 98.8 Å². The van der Waals surface area contributed by atoms with Gasteiger partial charge in [-0.05, 0) is 93.6 Å². The molecule has 0 fully saturated rings. The second-order valence-corrected chi connectivity index (χ2v) is 27.5. The number of benzene rings is 7. The van der Waals surface area contributed by atoms with E-state index in [0.29, 0.717) is 125 Å². The first-order chi connectivity index (χ1) is 48.5. The van der Waals surface area contributed by atoms with Crippen molar-refractivity contribution in [3.05, 3.63) is 153 Å². The topological polar surface area (TPSA) is 293 Å². The zero-order valence-corrected chi connectivity index (χ0v) is 60.4. The molecule has 0 unspecified atom stereocenters. The Kier molecular flexibility index (Phi) is 25.0. The summed E-state index contributed by atoms with van der Waals surface area (Å²) in [5.41, 5.74) is 8.35. The third kappa shape index (κ3) is 17.3. The molecule has 7 aromatic carbocycles. The van der Waals surface area contributed by atoms with Crippen LogP contribution in [0, 0.1) is 0 Å². The van der Waals surface area contributed by atoms with Gasteiger partial charge in [-0.2, -0.15) is 0 Å². The van der Waals surface area contributed by atoms with E-state index in [1.807, 2.05) is 13.8 Å². The van der Waals surface area contributed by atoms with Crippen LogP contribution in [0.4, 0.5) is 11.4 Å². The number of sulfonamides is 2. The summed E-state index contributed by atoms with van der Waals surface area (Å²) in [6.07, 6.45) is 8.50. The third-order valence-electron chi connectivity index (χ3n) is 16.9. The average molecular weight is 1430 g/mol. The molecular formula is C73H88N8O18S2. The van der Waals surface area contributed by atoms with Crippen molar-refractivity contribution in [2.45, 2.75) is 87.8 Å². The number of ether oxygens (including phenoxy) is 10. The molecule has 0 bridgehead atoms. The molecule has 540 valence electrons. The highest BCUT2D eigenvalue weighted by molar-refractivity contribution is 7.93. The van der Waals surface area contributed by atoms with E-state index in [4.69, 9.17) is 53.1 Å². The number of hydrogen-bond acceptors (Lipinski definition) is 19. The number of carbonyl (C=O) groups excluding carboxylic acids is 2. The second-order valence-electron chi connectivity index (χ2n) is 23.9. The molecule has 0 atom stereocenters. The van der Waals surface area contributed by atoms with Gasteiger partial charge >= 0.3 is 11.4 Å². The summed E-state index contributed by atoms with van der Waals surface area (Å²) in [5.74, 6) is 3.90. The van der Waals surface area contributed by atoms with Crippen LogP contribution in [0.25, 0.3) is 22.1 Å². The molecule has 3 N–H and O–H groups in total. The summed E-state index contributed by atoms with van der Waals surface area (Å²) in [6.45, 7) is 6.88. The maximum Gasteiger partial charge on any atom is 0.328 e. The predicted octanol–water partition coefficient (Wildman–Crippen LogP) is 11.7. The Labute approximate surface area is 587 Å². The number of rotatable bonds is 35. The molecule has 0 aliphatic carbocycles. The van der Waals surface area contributed by atoms with Crippen LogP contribution in [0.15, 0.2) is 141 Å². The standard InChI is InChI=1S/C40H44N4O10S.C33H44N4O8S/c1-6-18-52-26-20-27(53-19-12-8-7-11-17-44-38(45)30-13-9-10-14-31(30)39(44)46)22-28(21-26)54-36-25-34-33(42(2)40(47)43(34)3)24-32(36)41-55(48,49)29-15-16-35(50-4)37(23-29)51-5;1-7-15-43-23-17-24(44-16-11-9-8-10-14-34)19-25(18-23)45-31-22-28-27(35(2)33(38)36(28)3)21-29(31)37(4)46(39,40)26-12-13-30(41-5)32(20-26)42-6/h9-10,13-16,20-25,41H,6-8,11-12,17-19H2,1-5H3;12-13,17-22H,7-11,14-16,34H2,1-6H3. The minimum atomic E-state index is -4.19. The van der Waals surface area contributed by atoms with Crippen molar-refractivity contribution in [3.8, 4) is 69.0 Å². The minimum Gasteiger partial charge on any atom is -0.493 e. The van der Waals surface area contributed by atoms with Crippen molar-refractivity contribution < 1.29 is 73.8 Å². The molecule has 0 saturated carbocycles. The number of aromatic nitrogens is 4. The summed E-state index contributed by atoms with van der Waals surface area (Å²) in [7, 11) is 5.40. The first kappa shape index (κ1) is 74.9. The van der Waals surface area contributed by atoms with E-state index < -0.39 is 20.0 Å². The van der Waals surface area contributed by atoms with Crippen LogP contribution in [0.5, 0.6) is 69.0 Å². The zero-order valence-electron chi connectivity index (χ0n) is 58.8. The van der Waals surface area contributed by atoms with Crippen LogP contribution in [0.3, 0.4) is 0 Å². The van der Waals surface area contributed by atoms with Crippen LogP contribution in [0.2, 0.25) is 0 Å². The monoisotopic (exact) mass is 1430 g/mol. The van der Waals surface area contributed by atoms with Gasteiger partial charge in [-0.25, -0.2) is 26.4 Å². The van der Waals surface area contributed by atoms with Crippen LogP contribution < -0.4 is 73.5 Å². The fourth-order valence-corrected chi connectivity index (χ4v) is 13.7. The lowest BCUT2D eigenvalue weighted by atomic mass is 10.1. The average Bonchev–Trinajstić information content (AvgIpc) is 1.70. The van der Waals surface area contributed by atoms with Crippen LogP contribution >= 0.6 is 0 Å². The van der Waals surface area contributed by atoms with E-state index in [0.717, 1.165) is 62.1 Å². The van der Waals surface area contributed by atoms with Crippen LogP contribution in [-0.4, -0.2) is 127 Å². The highest BCUT2D eigenvalue weighted by Gasteiger charge is 2.35. The number of nitrogens with two attached hydrogens (primary N) is 1. The Morgan fingerprint density at radius 3 is 1.32 bits per heavy atom. The molecular weight excluding hydrogens is 1340 g/mol. The molecule has 1 aliphatic heterocycles. The molecule has 3 heterocycles. The Bertz CT molecular complexity index is 4780. The Balaban J connectivity index is 0.000000239. The number of imide groups is 1. The molecule has 101 heavy (non-hydrogen) atoms. The summed E-state index contributed by atoms with van der Waals surface area (Å²) >= 11 is 0.